The van der Waals surface area contributed by atoms with Gasteiger partial charge in [0.25, 0.3) is 0 Å². The van der Waals surface area contributed by atoms with Gasteiger partial charge in [0.15, 0.2) is 0 Å². The topological polar surface area (TPSA) is 80.0 Å². The standard InChI is InChI=1S/C13H15ClN4O/c14-9-6-11-10(12(15)7-9)2-5-18-13(11)17-4-1-3-16-8-19/h2,5-8H,1,3-4,15H2,(H,16,19)(H,17,18). The van der Waals surface area contributed by atoms with Crippen molar-refractivity contribution in [1.29, 1.82) is 0 Å². The Morgan fingerprint density at radius 3 is 2.95 bits per heavy atom. The fourth-order valence-corrected chi connectivity index (χ4v) is 2.10. The van der Waals surface area contributed by atoms with Crippen molar-refractivity contribution in [3.63, 3.8) is 0 Å². The maximum absolute atomic E-state index is 10.1. The van der Waals surface area contributed by atoms with E-state index in [1.807, 2.05) is 12.1 Å². The molecule has 4 N–H and O–H groups in total. The Hall–Kier alpha value is -2.01. The molecule has 0 atom stereocenters. The van der Waals surface area contributed by atoms with Gasteiger partial charge in [-0.15, -0.1) is 0 Å². The molecule has 0 spiro atoms. The molecule has 1 aromatic heterocycles. The van der Waals surface area contributed by atoms with Crippen LogP contribution in [0, 0.1) is 0 Å². The van der Waals surface area contributed by atoms with Crippen LogP contribution >= 0.6 is 11.6 Å². The lowest BCUT2D eigenvalue weighted by molar-refractivity contribution is -0.109. The summed E-state index contributed by atoms with van der Waals surface area (Å²) in [6.07, 6.45) is 3.21. The van der Waals surface area contributed by atoms with Crippen molar-refractivity contribution >= 4 is 40.3 Å². The van der Waals surface area contributed by atoms with Crippen molar-refractivity contribution in [2.24, 2.45) is 0 Å². The van der Waals surface area contributed by atoms with E-state index in [-0.39, 0.29) is 0 Å². The molecule has 0 aliphatic heterocycles. The number of halogens is 1. The van der Waals surface area contributed by atoms with Crippen LogP contribution in [0.2, 0.25) is 5.02 Å². The zero-order valence-electron chi connectivity index (χ0n) is 10.3. The van der Waals surface area contributed by atoms with Gasteiger partial charge in [-0.05, 0) is 24.6 Å². The Morgan fingerprint density at radius 1 is 1.32 bits per heavy atom. The number of anilines is 2. The van der Waals surface area contributed by atoms with Gasteiger partial charge in [0.05, 0.1) is 0 Å². The zero-order valence-corrected chi connectivity index (χ0v) is 11.1. The molecular weight excluding hydrogens is 264 g/mol. The number of aromatic nitrogens is 1. The van der Waals surface area contributed by atoms with Gasteiger partial charge < -0.3 is 16.4 Å². The highest BCUT2D eigenvalue weighted by Crippen LogP contribution is 2.29. The highest BCUT2D eigenvalue weighted by molar-refractivity contribution is 6.32. The first-order chi connectivity index (χ1) is 9.22. The number of hydrogen-bond acceptors (Lipinski definition) is 4. The number of amides is 1. The average molecular weight is 279 g/mol. The summed E-state index contributed by atoms with van der Waals surface area (Å²) in [6.45, 7) is 1.34. The van der Waals surface area contributed by atoms with Gasteiger partial charge in [0, 0.05) is 40.8 Å². The second kappa shape index (κ2) is 6.24. The number of hydrogen-bond donors (Lipinski definition) is 3. The van der Waals surface area contributed by atoms with E-state index in [2.05, 4.69) is 15.6 Å². The van der Waals surface area contributed by atoms with Crippen LogP contribution in [0.4, 0.5) is 11.5 Å². The normalized spacial score (nSPS) is 10.4. The van der Waals surface area contributed by atoms with Gasteiger partial charge in [0.1, 0.15) is 5.82 Å². The van der Waals surface area contributed by atoms with Crippen LogP contribution in [-0.4, -0.2) is 24.5 Å². The molecule has 2 aromatic rings. The van der Waals surface area contributed by atoms with Crippen LogP contribution in [0.3, 0.4) is 0 Å². The van der Waals surface area contributed by atoms with Gasteiger partial charge in [-0.3, -0.25) is 4.79 Å². The lowest BCUT2D eigenvalue weighted by Gasteiger charge is -2.10. The van der Waals surface area contributed by atoms with E-state index in [0.29, 0.717) is 30.2 Å². The van der Waals surface area contributed by atoms with E-state index in [9.17, 15) is 4.79 Å². The smallest absolute Gasteiger partial charge is 0.207 e. The predicted octanol–water partition coefficient (Wildman–Crippen LogP) is 2.02. The minimum Gasteiger partial charge on any atom is -0.398 e. The van der Waals surface area contributed by atoms with E-state index in [1.165, 1.54) is 0 Å². The maximum atomic E-state index is 10.1. The second-order valence-electron chi connectivity index (χ2n) is 4.10. The van der Waals surface area contributed by atoms with Crippen molar-refractivity contribution in [1.82, 2.24) is 10.3 Å². The lowest BCUT2D eigenvalue weighted by atomic mass is 10.1. The number of nitrogens with zero attached hydrogens (tertiary/aromatic N) is 1. The third-order valence-electron chi connectivity index (χ3n) is 2.75. The van der Waals surface area contributed by atoms with E-state index in [4.69, 9.17) is 17.3 Å². The molecule has 6 heteroatoms. The molecule has 2 rings (SSSR count). The molecule has 0 saturated heterocycles. The summed E-state index contributed by atoms with van der Waals surface area (Å²) in [6, 6.07) is 5.42. The molecule has 100 valence electrons. The third kappa shape index (κ3) is 3.26. The van der Waals surface area contributed by atoms with Crippen LogP contribution < -0.4 is 16.4 Å². The Labute approximate surface area is 116 Å². The number of fused-ring (bicyclic) bond motifs is 1. The SMILES string of the molecule is Nc1cc(Cl)cc2c(NCCCNC=O)nccc12. The zero-order chi connectivity index (χ0) is 13.7. The lowest BCUT2D eigenvalue weighted by Crippen LogP contribution is -2.16. The van der Waals surface area contributed by atoms with Gasteiger partial charge in [0.2, 0.25) is 6.41 Å². The van der Waals surface area contributed by atoms with E-state index in [1.54, 1.807) is 12.3 Å². The number of nitrogens with two attached hydrogens (primary N) is 1. The highest BCUT2D eigenvalue weighted by atomic mass is 35.5. The summed E-state index contributed by atoms with van der Waals surface area (Å²) in [5.41, 5.74) is 6.57. The Balaban J connectivity index is 2.16. The van der Waals surface area contributed by atoms with Crippen LogP contribution in [0.25, 0.3) is 10.8 Å². The first-order valence-corrected chi connectivity index (χ1v) is 6.35. The van der Waals surface area contributed by atoms with E-state index >= 15 is 0 Å². The average Bonchev–Trinajstić information content (AvgIpc) is 2.39. The molecule has 1 heterocycles. The minimum atomic E-state index is 0.587. The van der Waals surface area contributed by atoms with Crippen LogP contribution in [-0.2, 0) is 4.79 Å². The summed E-state index contributed by atoms with van der Waals surface area (Å²) < 4.78 is 0. The van der Waals surface area contributed by atoms with Crippen LogP contribution in [0.1, 0.15) is 6.42 Å². The Morgan fingerprint density at radius 2 is 2.16 bits per heavy atom. The molecule has 5 nitrogen and oxygen atoms in total. The van der Waals surface area contributed by atoms with E-state index < -0.39 is 0 Å². The molecule has 0 unspecified atom stereocenters. The highest BCUT2D eigenvalue weighted by Gasteiger charge is 2.06. The van der Waals surface area contributed by atoms with Crippen LogP contribution in [0.15, 0.2) is 24.4 Å². The minimum absolute atomic E-state index is 0.587. The van der Waals surface area contributed by atoms with E-state index in [0.717, 1.165) is 23.0 Å². The largest absolute Gasteiger partial charge is 0.398 e. The molecule has 0 radical (unpaired) electrons. The van der Waals surface area contributed by atoms with Crippen molar-refractivity contribution in [3.8, 4) is 0 Å². The van der Waals surface area contributed by atoms with Gasteiger partial charge in [-0.25, -0.2) is 4.98 Å². The summed E-state index contributed by atoms with van der Waals surface area (Å²) in [4.78, 5) is 14.4. The number of pyridine rings is 1. The monoisotopic (exact) mass is 278 g/mol. The Bertz CT molecular complexity index is 588. The maximum Gasteiger partial charge on any atom is 0.207 e. The van der Waals surface area contributed by atoms with Gasteiger partial charge >= 0.3 is 0 Å². The molecule has 0 fully saturated rings. The van der Waals surface area contributed by atoms with Crippen molar-refractivity contribution in [2.75, 3.05) is 24.1 Å². The molecule has 0 saturated carbocycles. The van der Waals surface area contributed by atoms with Gasteiger partial charge in [-0.1, -0.05) is 11.6 Å². The fourth-order valence-electron chi connectivity index (χ4n) is 1.87. The number of carbonyl (C=O) groups excluding carboxylic acids is 1. The summed E-state index contributed by atoms with van der Waals surface area (Å²) in [5, 5.41) is 8.24. The molecule has 0 aliphatic carbocycles. The van der Waals surface area contributed by atoms with Crippen molar-refractivity contribution in [2.45, 2.75) is 6.42 Å². The summed E-state index contributed by atoms with van der Waals surface area (Å²) >= 11 is 6.01. The number of carbonyl (C=O) groups is 1. The van der Waals surface area contributed by atoms with Crippen LogP contribution in [0.5, 0.6) is 0 Å². The molecule has 0 aliphatic rings. The number of nitrogens with one attached hydrogen (secondary N) is 2. The molecule has 1 aromatic carbocycles. The second-order valence-corrected chi connectivity index (χ2v) is 4.54. The summed E-state index contributed by atoms with van der Waals surface area (Å²) in [7, 11) is 0. The fraction of sp³-hybridized carbons (Fsp3) is 0.231. The number of nitrogen functional groups attached to an aromatic ring is 1. The first-order valence-electron chi connectivity index (χ1n) is 5.97. The first kappa shape index (κ1) is 13.4. The quantitative estimate of drug-likeness (QED) is 0.429. The molecular formula is C13H15ClN4O. The molecule has 19 heavy (non-hydrogen) atoms. The molecule has 1 amide bonds. The van der Waals surface area contributed by atoms with Gasteiger partial charge in [-0.2, -0.15) is 0 Å². The Kier molecular flexibility index (Phi) is 4.41. The number of rotatable bonds is 6. The third-order valence-corrected chi connectivity index (χ3v) is 2.97. The summed E-state index contributed by atoms with van der Waals surface area (Å²) in [5.74, 6) is 0.748. The predicted molar refractivity (Wildman–Crippen MR) is 78.3 cm³/mol. The van der Waals surface area contributed by atoms with Crippen molar-refractivity contribution < 1.29 is 4.79 Å². The number of benzene rings is 1. The molecule has 0 bridgehead atoms. The van der Waals surface area contributed by atoms with Crippen molar-refractivity contribution in [3.05, 3.63) is 29.4 Å².